The SMILES string of the molecule is Cc1ccc2nc3n(c2c1)[C@@H]1CC3N(C)C(=O)c2cccc(OC(F)F)c21. The quantitative estimate of drug-likeness (QED) is 0.684. The number of carbonyl (C=O) groups is 1. The van der Waals surface area contributed by atoms with E-state index >= 15 is 0 Å². The first-order valence-corrected chi connectivity index (χ1v) is 8.79. The Morgan fingerprint density at radius 3 is 2.81 bits per heavy atom. The minimum Gasteiger partial charge on any atom is -0.434 e. The van der Waals surface area contributed by atoms with Crippen molar-refractivity contribution in [3.8, 4) is 5.75 Å². The molecule has 0 N–H and O–H groups in total. The molecule has 2 aliphatic rings. The van der Waals surface area contributed by atoms with E-state index in [4.69, 9.17) is 9.72 Å². The summed E-state index contributed by atoms with van der Waals surface area (Å²) in [6.45, 7) is -0.951. The summed E-state index contributed by atoms with van der Waals surface area (Å²) in [5.74, 6) is 0.637. The van der Waals surface area contributed by atoms with Crippen LogP contribution in [0.2, 0.25) is 0 Å². The zero-order valence-corrected chi connectivity index (χ0v) is 14.8. The monoisotopic (exact) mass is 369 g/mol. The van der Waals surface area contributed by atoms with Crippen LogP contribution < -0.4 is 4.74 Å². The summed E-state index contributed by atoms with van der Waals surface area (Å²) in [7, 11) is 1.74. The molecule has 3 aromatic rings. The molecule has 1 unspecified atom stereocenters. The number of amides is 1. The Morgan fingerprint density at radius 1 is 1.22 bits per heavy atom. The molecule has 0 radical (unpaired) electrons. The van der Waals surface area contributed by atoms with Gasteiger partial charge in [0, 0.05) is 24.6 Å². The number of hydrogen-bond donors (Lipinski definition) is 0. The zero-order chi connectivity index (χ0) is 18.9. The van der Waals surface area contributed by atoms with Gasteiger partial charge in [-0.1, -0.05) is 12.1 Å². The van der Waals surface area contributed by atoms with Gasteiger partial charge in [0.1, 0.15) is 11.6 Å². The third-order valence-electron chi connectivity index (χ3n) is 5.56. The molecule has 0 saturated heterocycles. The molecule has 2 atom stereocenters. The van der Waals surface area contributed by atoms with Crippen LogP contribution in [0.15, 0.2) is 36.4 Å². The number of ether oxygens (including phenoxy) is 1. The Morgan fingerprint density at radius 2 is 2.04 bits per heavy atom. The standard InChI is InChI=1S/C20H17F2N3O2/c1-10-6-7-12-13(8-10)25-14-9-15(18(25)23-12)24(2)19(26)11-4-3-5-16(17(11)14)27-20(21)22/h3-8,14-15,20H,9H2,1-2H3/t14-,15?/m1/s1. The van der Waals surface area contributed by atoms with Gasteiger partial charge in [-0.2, -0.15) is 8.78 Å². The smallest absolute Gasteiger partial charge is 0.387 e. The van der Waals surface area contributed by atoms with E-state index < -0.39 is 6.61 Å². The maximum absolute atomic E-state index is 13.0. The van der Waals surface area contributed by atoms with Crippen molar-refractivity contribution in [1.82, 2.24) is 14.5 Å². The third-order valence-corrected chi connectivity index (χ3v) is 5.56. The number of nitrogens with zero attached hydrogens (tertiary/aromatic N) is 3. The molecule has 7 heteroatoms. The highest BCUT2D eigenvalue weighted by molar-refractivity contribution is 5.97. The second kappa shape index (κ2) is 5.52. The average molecular weight is 369 g/mol. The van der Waals surface area contributed by atoms with Crippen LogP contribution in [-0.2, 0) is 0 Å². The van der Waals surface area contributed by atoms with E-state index in [2.05, 4.69) is 4.57 Å². The number of imidazole rings is 1. The molecular weight excluding hydrogens is 352 g/mol. The fourth-order valence-corrected chi connectivity index (χ4v) is 4.39. The lowest BCUT2D eigenvalue weighted by molar-refractivity contribution is -0.0507. The maximum Gasteiger partial charge on any atom is 0.387 e. The van der Waals surface area contributed by atoms with Crippen LogP contribution in [0.5, 0.6) is 5.75 Å². The molecule has 1 amide bonds. The highest BCUT2D eigenvalue weighted by Crippen LogP contribution is 2.49. The summed E-state index contributed by atoms with van der Waals surface area (Å²) >= 11 is 0. The van der Waals surface area contributed by atoms with Gasteiger partial charge in [-0.3, -0.25) is 4.79 Å². The van der Waals surface area contributed by atoms with Crippen molar-refractivity contribution >= 4 is 16.9 Å². The minimum atomic E-state index is -2.95. The van der Waals surface area contributed by atoms with Gasteiger partial charge in [0.15, 0.2) is 0 Å². The maximum atomic E-state index is 13.0. The molecule has 27 heavy (non-hydrogen) atoms. The topological polar surface area (TPSA) is 47.4 Å². The van der Waals surface area contributed by atoms with Crippen molar-refractivity contribution in [2.24, 2.45) is 0 Å². The number of aromatic nitrogens is 2. The van der Waals surface area contributed by atoms with Gasteiger partial charge < -0.3 is 14.2 Å². The Bertz CT molecular complexity index is 1090. The van der Waals surface area contributed by atoms with Crippen molar-refractivity contribution in [2.45, 2.75) is 32.0 Å². The summed E-state index contributed by atoms with van der Waals surface area (Å²) in [6.07, 6.45) is 0.588. The molecule has 0 spiro atoms. The van der Waals surface area contributed by atoms with E-state index in [0.29, 0.717) is 17.5 Å². The van der Waals surface area contributed by atoms with Gasteiger partial charge in [-0.25, -0.2) is 4.98 Å². The van der Waals surface area contributed by atoms with Gasteiger partial charge in [-0.05, 0) is 36.8 Å². The van der Waals surface area contributed by atoms with E-state index in [0.717, 1.165) is 22.4 Å². The minimum absolute atomic E-state index is 0.0530. The molecular formula is C20H17F2N3O2. The molecule has 1 aromatic heterocycles. The van der Waals surface area contributed by atoms with E-state index in [-0.39, 0.29) is 23.7 Å². The molecule has 0 saturated carbocycles. The molecule has 5 nitrogen and oxygen atoms in total. The third kappa shape index (κ3) is 2.20. The van der Waals surface area contributed by atoms with E-state index in [9.17, 15) is 13.6 Å². The first-order valence-electron chi connectivity index (χ1n) is 8.79. The first-order chi connectivity index (χ1) is 13.0. The van der Waals surface area contributed by atoms with E-state index in [1.165, 1.54) is 6.07 Å². The van der Waals surface area contributed by atoms with Crippen LogP contribution in [0.1, 0.15) is 45.8 Å². The number of fused-ring (bicyclic) bond motifs is 9. The molecule has 0 fully saturated rings. The Kier molecular flexibility index (Phi) is 3.32. The number of hydrogen-bond acceptors (Lipinski definition) is 3. The van der Waals surface area contributed by atoms with Crippen molar-refractivity contribution in [3.05, 3.63) is 58.9 Å². The number of halogens is 2. The van der Waals surface area contributed by atoms with Crippen LogP contribution in [0.4, 0.5) is 8.78 Å². The summed E-state index contributed by atoms with van der Waals surface area (Å²) in [4.78, 5) is 19.4. The number of aryl methyl sites for hydroxylation is 1. The fourth-order valence-electron chi connectivity index (χ4n) is 4.39. The van der Waals surface area contributed by atoms with Crippen molar-refractivity contribution in [2.75, 3.05) is 7.05 Å². The predicted molar refractivity (Wildman–Crippen MR) is 95.1 cm³/mol. The van der Waals surface area contributed by atoms with Crippen LogP contribution in [0.25, 0.3) is 11.0 Å². The second-order valence-corrected chi connectivity index (χ2v) is 7.11. The van der Waals surface area contributed by atoms with Crippen molar-refractivity contribution in [3.63, 3.8) is 0 Å². The van der Waals surface area contributed by atoms with Crippen molar-refractivity contribution < 1.29 is 18.3 Å². The van der Waals surface area contributed by atoms with Gasteiger partial charge in [-0.15, -0.1) is 0 Å². The summed E-state index contributed by atoms with van der Waals surface area (Å²) in [6, 6.07) is 10.3. The lowest BCUT2D eigenvalue weighted by atomic mass is 9.97. The Hall–Kier alpha value is -2.96. The predicted octanol–water partition coefficient (Wildman–Crippen LogP) is 4.07. The molecule has 2 bridgehead atoms. The molecule has 138 valence electrons. The van der Waals surface area contributed by atoms with Crippen LogP contribution >= 0.6 is 0 Å². The summed E-state index contributed by atoms with van der Waals surface area (Å²) < 4.78 is 32.9. The van der Waals surface area contributed by atoms with Gasteiger partial charge in [0.05, 0.1) is 23.1 Å². The molecule has 0 aliphatic carbocycles. The summed E-state index contributed by atoms with van der Waals surface area (Å²) in [5, 5.41) is 0. The molecule has 2 aromatic carbocycles. The van der Waals surface area contributed by atoms with Crippen LogP contribution in [0.3, 0.4) is 0 Å². The molecule has 2 aliphatic heterocycles. The van der Waals surface area contributed by atoms with Crippen LogP contribution in [-0.4, -0.2) is 34.0 Å². The summed E-state index contributed by atoms with van der Waals surface area (Å²) in [5.41, 5.74) is 3.78. The van der Waals surface area contributed by atoms with Gasteiger partial charge >= 0.3 is 6.61 Å². The number of benzene rings is 2. The lowest BCUT2D eigenvalue weighted by Crippen LogP contribution is -2.30. The van der Waals surface area contributed by atoms with Gasteiger partial charge in [0.2, 0.25) is 0 Å². The first kappa shape index (κ1) is 16.2. The highest BCUT2D eigenvalue weighted by atomic mass is 19.3. The van der Waals surface area contributed by atoms with E-state index in [1.54, 1.807) is 24.1 Å². The fraction of sp³-hybridized carbons (Fsp3) is 0.300. The largest absolute Gasteiger partial charge is 0.434 e. The lowest BCUT2D eigenvalue weighted by Gasteiger charge is -2.24. The normalized spacial score (nSPS) is 20.8. The van der Waals surface area contributed by atoms with Crippen LogP contribution in [0, 0.1) is 6.92 Å². The number of rotatable bonds is 2. The Balaban J connectivity index is 1.82. The zero-order valence-electron chi connectivity index (χ0n) is 14.8. The van der Waals surface area contributed by atoms with E-state index in [1.807, 2.05) is 25.1 Å². The Labute approximate surface area is 154 Å². The second-order valence-electron chi connectivity index (χ2n) is 7.11. The average Bonchev–Trinajstić information content (AvgIpc) is 3.14. The molecule has 3 heterocycles. The molecule has 5 rings (SSSR count). The number of alkyl halides is 2. The number of carbonyl (C=O) groups excluding carboxylic acids is 1. The van der Waals surface area contributed by atoms with Gasteiger partial charge in [0.25, 0.3) is 5.91 Å². The van der Waals surface area contributed by atoms with Crippen molar-refractivity contribution in [1.29, 1.82) is 0 Å². The highest BCUT2D eigenvalue weighted by Gasteiger charge is 2.44.